The molecule has 1 unspecified atom stereocenters. The smallest absolute Gasteiger partial charge is 0.321 e. The lowest BCUT2D eigenvalue weighted by Crippen LogP contribution is -2.45. The van der Waals surface area contributed by atoms with Crippen LogP contribution in [0.25, 0.3) is 0 Å². The van der Waals surface area contributed by atoms with E-state index in [1.165, 1.54) is 0 Å². The number of para-hydroxylation sites is 1. The minimum atomic E-state index is -0.190. The van der Waals surface area contributed by atoms with Crippen LogP contribution in [0, 0.1) is 19.8 Å². The van der Waals surface area contributed by atoms with Gasteiger partial charge in [-0.15, -0.1) is 0 Å². The standard InChI is InChI=1S/C21H25N3O2/c1-15-10-11-16(2)19(13-15)23-20(25)17-7-6-12-24(14-17)21(26)22-18-8-4-3-5-9-18/h3-5,8-11,13,17H,6-7,12,14H2,1-2H3,(H,22,26)(H,23,25). The predicted molar refractivity (Wildman–Crippen MR) is 104 cm³/mol. The van der Waals surface area contributed by atoms with E-state index in [0.717, 1.165) is 35.3 Å². The highest BCUT2D eigenvalue weighted by atomic mass is 16.2. The monoisotopic (exact) mass is 351 g/mol. The largest absolute Gasteiger partial charge is 0.326 e. The van der Waals surface area contributed by atoms with Crippen molar-refractivity contribution in [3.8, 4) is 0 Å². The number of amides is 3. The van der Waals surface area contributed by atoms with Gasteiger partial charge >= 0.3 is 6.03 Å². The Morgan fingerprint density at radius 2 is 1.81 bits per heavy atom. The quantitative estimate of drug-likeness (QED) is 0.871. The molecule has 3 rings (SSSR count). The summed E-state index contributed by atoms with van der Waals surface area (Å²) in [5.74, 6) is -0.207. The van der Waals surface area contributed by atoms with Crippen LogP contribution >= 0.6 is 0 Å². The molecular formula is C21H25N3O2. The Balaban J connectivity index is 1.61. The zero-order valence-corrected chi connectivity index (χ0v) is 15.3. The van der Waals surface area contributed by atoms with E-state index in [4.69, 9.17) is 0 Å². The molecule has 1 heterocycles. The minimum absolute atomic E-state index is 0.0177. The number of aryl methyl sites for hydroxylation is 2. The third kappa shape index (κ3) is 4.42. The van der Waals surface area contributed by atoms with E-state index in [1.807, 2.05) is 62.4 Å². The van der Waals surface area contributed by atoms with Gasteiger partial charge in [-0.05, 0) is 56.0 Å². The van der Waals surface area contributed by atoms with Crippen LogP contribution in [0.2, 0.25) is 0 Å². The van der Waals surface area contributed by atoms with E-state index in [0.29, 0.717) is 13.1 Å². The van der Waals surface area contributed by atoms with Crippen LogP contribution in [0.15, 0.2) is 48.5 Å². The first-order chi connectivity index (χ1) is 12.5. The molecule has 1 saturated heterocycles. The van der Waals surface area contributed by atoms with E-state index in [2.05, 4.69) is 10.6 Å². The van der Waals surface area contributed by atoms with Crippen molar-refractivity contribution in [2.75, 3.05) is 23.7 Å². The van der Waals surface area contributed by atoms with Gasteiger partial charge < -0.3 is 15.5 Å². The summed E-state index contributed by atoms with van der Waals surface area (Å²) in [6.45, 7) is 5.10. The highest BCUT2D eigenvalue weighted by Crippen LogP contribution is 2.22. The number of rotatable bonds is 3. The average Bonchev–Trinajstić information content (AvgIpc) is 2.65. The van der Waals surface area contributed by atoms with Crippen LogP contribution in [0.3, 0.4) is 0 Å². The molecule has 0 aliphatic carbocycles. The van der Waals surface area contributed by atoms with E-state index in [1.54, 1.807) is 4.90 Å². The fourth-order valence-electron chi connectivity index (χ4n) is 3.20. The fraction of sp³-hybridized carbons (Fsp3) is 0.333. The molecule has 136 valence electrons. The third-order valence-electron chi connectivity index (χ3n) is 4.76. The van der Waals surface area contributed by atoms with Gasteiger partial charge in [0, 0.05) is 24.5 Å². The molecule has 0 saturated carbocycles. The second kappa shape index (κ2) is 8.04. The number of benzene rings is 2. The second-order valence-corrected chi connectivity index (χ2v) is 6.89. The number of urea groups is 1. The molecule has 2 aromatic carbocycles. The van der Waals surface area contributed by atoms with Crippen LogP contribution in [-0.2, 0) is 4.79 Å². The number of likely N-dealkylation sites (tertiary alicyclic amines) is 1. The van der Waals surface area contributed by atoms with E-state index in [-0.39, 0.29) is 17.9 Å². The van der Waals surface area contributed by atoms with E-state index < -0.39 is 0 Å². The maximum Gasteiger partial charge on any atom is 0.321 e. The zero-order chi connectivity index (χ0) is 18.5. The van der Waals surface area contributed by atoms with Gasteiger partial charge in [0.15, 0.2) is 0 Å². The maximum atomic E-state index is 12.7. The number of nitrogens with one attached hydrogen (secondary N) is 2. The summed E-state index contributed by atoms with van der Waals surface area (Å²) in [5, 5.41) is 5.93. The van der Waals surface area contributed by atoms with Gasteiger partial charge in [0.1, 0.15) is 0 Å². The molecule has 3 amide bonds. The van der Waals surface area contributed by atoms with Crippen LogP contribution in [0.4, 0.5) is 16.2 Å². The lowest BCUT2D eigenvalue weighted by Gasteiger charge is -2.32. The Labute approximate surface area is 154 Å². The Morgan fingerprint density at radius 1 is 1.04 bits per heavy atom. The zero-order valence-electron chi connectivity index (χ0n) is 15.3. The molecule has 0 aromatic heterocycles. The summed E-state index contributed by atoms with van der Waals surface area (Å²) >= 11 is 0. The van der Waals surface area contributed by atoms with Crippen molar-refractivity contribution in [1.82, 2.24) is 4.90 Å². The summed E-state index contributed by atoms with van der Waals surface area (Å²) in [4.78, 5) is 26.9. The first-order valence-electron chi connectivity index (χ1n) is 9.02. The van der Waals surface area contributed by atoms with Crippen molar-refractivity contribution >= 4 is 23.3 Å². The van der Waals surface area contributed by atoms with Crippen LogP contribution < -0.4 is 10.6 Å². The molecule has 1 aliphatic heterocycles. The maximum absolute atomic E-state index is 12.7. The summed E-state index contributed by atoms with van der Waals surface area (Å²) < 4.78 is 0. The van der Waals surface area contributed by atoms with Crippen molar-refractivity contribution in [3.63, 3.8) is 0 Å². The number of carbonyl (C=O) groups excluding carboxylic acids is 2. The molecule has 1 atom stereocenters. The Morgan fingerprint density at radius 3 is 2.58 bits per heavy atom. The molecule has 1 aliphatic rings. The fourth-order valence-corrected chi connectivity index (χ4v) is 3.20. The molecule has 5 heteroatoms. The van der Waals surface area contributed by atoms with E-state index >= 15 is 0 Å². The molecule has 0 bridgehead atoms. The number of hydrogen-bond donors (Lipinski definition) is 2. The van der Waals surface area contributed by atoms with Crippen LogP contribution in [-0.4, -0.2) is 29.9 Å². The Bertz CT molecular complexity index is 789. The normalized spacial score (nSPS) is 16.8. The van der Waals surface area contributed by atoms with Crippen molar-refractivity contribution in [1.29, 1.82) is 0 Å². The molecular weight excluding hydrogens is 326 g/mol. The average molecular weight is 351 g/mol. The van der Waals surface area contributed by atoms with Gasteiger partial charge in [-0.1, -0.05) is 30.3 Å². The number of anilines is 2. The van der Waals surface area contributed by atoms with E-state index in [9.17, 15) is 9.59 Å². The molecule has 0 radical (unpaired) electrons. The third-order valence-corrected chi connectivity index (χ3v) is 4.76. The first kappa shape index (κ1) is 18.0. The highest BCUT2D eigenvalue weighted by Gasteiger charge is 2.28. The van der Waals surface area contributed by atoms with Crippen LogP contribution in [0.5, 0.6) is 0 Å². The number of hydrogen-bond acceptors (Lipinski definition) is 2. The number of nitrogens with zero attached hydrogens (tertiary/aromatic N) is 1. The molecule has 26 heavy (non-hydrogen) atoms. The van der Waals surface area contributed by atoms with Crippen molar-refractivity contribution in [2.45, 2.75) is 26.7 Å². The summed E-state index contributed by atoms with van der Waals surface area (Å²) in [6, 6.07) is 15.2. The van der Waals surface area contributed by atoms with Gasteiger partial charge in [-0.25, -0.2) is 4.79 Å². The van der Waals surface area contributed by atoms with Gasteiger partial charge in [-0.2, -0.15) is 0 Å². The van der Waals surface area contributed by atoms with Gasteiger partial charge in [0.05, 0.1) is 5.92 Å². The van der Waals surface area contributed by atoms with Gasteiger partial charge in [-0.3, -0.25) is 4.79 Å². The predicted octanol–water partition coefficient (Wildman–Crippen LogP) is 4.19. The minimum Gasteiger partial charge on any atom is -0.326 e. The van der Waals surface area contributed by atoms with Gasteiger partial charge in [0.25, 0.3) is 0 Å². The molecule has 2 aromatic rings. The Hall–Kier alpha value is -2.82. The first-order valence-corrected chi connectivity index (χ1v) is 9.02. The van der Waals surface area contributed by atoms with Crippen molar-refractivity contribution < 1.29 is 9.59 Å². The van der Waals surface area contributed by atoms with Gasteiger partial charge in [0.2, 0.25) is 5.91 Å². The van der Waals surface area contributed by atoms with Crippen molar-refractivity contribution in [2.24, 2.45) is 5.92 Å². The number of piperidine rings is 1. The molecule has 1 fully saturated rings. The number of carbonyl (C=O) groups is 2. The highest BCUT2D eigenvalue weighted by molar-refractivity contribution is 5.94. The van der Waals surface area contributed by atoms with Crippen molar-refractivity contribution in [3.05, 3.63) is 59.7 Å². The SMILES string of the molecule is Cc1ccc(C)c(NC(=O)C2CCCN(C(=O)Nc3ccccc3)C2)c1. The molecule has 2 N–H and O–H groups in total. The lowest BCUT2D eigenvalue weighted by atomic mass is 9.97. The Kier molecular flexibility index (Phi) is 5.56. The summed E-state index contributed by atoms with van der Waals surface area (Å²) in [6.07, 6.45) is 1.62. The summed E-state index contributed by atoms with van der Waals surface area (Å²) in [7, 11) is 0. The summed E-state index contributed by atoms with van der Waals surface area (Å²) in [5.41, 5.74) is 3.76. The molecule has 5 nitrogen and oxygen atoms in total. The van der Waals surface area contributed by atoms with Crippen LogP contribution in [0.1, 0.15) is 24.0 Å². The second-order valence-electron chi connectivity index (χ2n) is 6.89. The topological polar surface area (TPSA) is 61.4 Å². The lowest BCUT2D eigenvalue weighted by molar-refractivity contribution is -0.121. The molecule has 0 spiro atoms.